The Hall–Kier alpha value is -2.04. The van der Waals surface area contributed by atoms with Gasteiger partial charge in [0.1, 0.15) is 0 Å². The number of hydrogen-bond acceptors (Lipinski definition) is 3. The molecule has 0 aliphatic carbocycles. The third-order valence-electron chi connectivity index (χ3n) is 3.65. The zero-order valence-electron chi connectivity index (χ0n) is 10.7. The molecule has 0 bridgehead atoms. The molecule has 3 rings (SSSR count). The second-order valence-corrected chi connectivity index (χ2v) is 4.94. The van der Waals surface area contributed by atoms with Crippen LogP contribution in [-0.2, 0) is 11.2 Å². The van der Waals surface area contributed by atoms with Crippen molar-refractivity contribution in [1.82, 2.24) is 10.2 Å². The maximum Gasteiger partial charge on any atom is 0.254 e. The number of carbonyl (C=O) groups excluding carboxylic acids is 2. The molecule has 1 fully saturated rings. The van der Waals surface area contributed by atoms with Crippen molar-refractivity contribution in [2.24, 2.45) is 0 Å². The minimum Gasteiger partial charge on any atom is -0.385 e. The van der Waals surface area contributed by atoms with Gasteiger partial charge in [0.2, 0.25) is 5.91 Å². The van der Waals surface area contributed by atoms with E-state index in [0.717, 1.165) is 36.2 Å². The molecule has 5 nitrogen and oxygen atoms in total. The van der Waals surface area contributed by atoms with Gasteiger partial charge >= 0.3 is 0 Å². The van der Waals surface area contributed by atoms with Crippen LogP contribution in [0, 0.1) is 0 Å². The van der Waals surface area contributed by atoms with Crippen molar-refractivity contribution in [2.45, 2.75) is 12.8 Å². The lowest BCUT2D eigenvalue weighted by molar-refractivity contribution is -0.123. The number of hydrogen-bond donors (Lipinski definition) is 2. The quantitative estimate of drug-likeness (QED) is 0.777. The highest BCUT2D eigenvalue weighted by molar-refractivity contribution is 5.99. The van der Waals surface area contributed by atoms with Gasteiger partial charge < -0.3 is 15.5 Å². The maximum absolute atomic E-state index is 12.5. The van der Waals surface area contributed by atoms with Crippen molar-refractivity contribution in [2.75, 3.05) is 31.5 Å². The Bertz CT molecular complexity index is 527. The van der Waals surface area contributed by atoms with Crippen molar-refractivity contribution < 1.29 is 9.59 Å². The van der Waals surface area contributed by atoms with Gasteiger partial charge in [0.15, 0.2) is 0 Å². The van der Waals surface area contributed by atoms with E-state index in [1.54, 1.807) is 4.90 Å². The van der Waals surface area contributed by atoms with E-state index in [1.165, 1.54) is 0 Å². The van der Waals surface area contributed by atoms with E-state index in [0.29, 0.717) is 13.1 Å². The average molecular weight is 259 g/mol. The topological polar surface area (TPSA) is 61.4 Å². The van der Waals surface area contributed by atoms with Gasteiger partial charge in [-0.25, -0.2) is 0 Å². The number of carbonyl (C=O) groups is 2. The third-order valence-corrected chi connectivity index (χ3v) is 3.65. The normalized spacial score (nSPS) is 18.3. The van der Waals surface area contributed by atoms with E-state index >= 15 is 0 Å². The van der Waals surface area contributed by atoms with Crippen LogP contribution >= 0.6 is 0 Å². The first kappa shape index (κ1) is 12.0. The number of fused-ring (bicyclic) bond motifs is 1. The predicted molar refractivity (Wildman–Crippen MR) is 72.2 cm³/mol. The molecule has 2 N–H and O–H groups in total. The van der Waals surface area contributed by atoms with E-state index in [-0.39, 0.29) is 18.4 Å². The number of rotatable bonds is 1. The Balaban J connectivity index is 1.89. The summed E-state index contributed by atoms with van der Waals surface area (Å²) in [6, 6.07) is 5.77. The highest BCUT2D eigenvalue weighted by Gasteiger charge is 2.25. The highest BCUT2D eigenvalue weighted by Crippen LogP contribution is 2.26. The van der Waals surface area contributed by atoms with Crippen LogP contribution in [0.3, 0.4) is 0 Å². The predicted octanol–water partition coefficient (Wildman–Crippen LogP) is 0.617. The summed E-state index contributed by atoms with van der Waals surface area (Å²) in [4.78, 5) is 25.5. The molecule has 2 amide bonds. The van der Waals surface area contributed by atoms with Crippen LogP contribution in [0.4, 0.5) is 5.69 Å². The summed E-state index contributed by atoms with van der Waals surface area (Å²) in [6.07, 6.45) is 1.96. The van der Waals surface area contributed by atoms with Gasteiger partial charge in [-0.05, 0) is 30.5 Å². The van der Waals surface area contributed by atoms with Gasteiger partial charge in [-0.3, -0.25) is 9.59 Å². The van der Waals surface area contributed by atoms with E-state index < -0.39 is 0 Å². The van der Waals surface area contributed by atoms with Gasteiger partial charge in [-0.1, -0.05) is 6.07 Å². The summed E-state index contributed by atoms with van der Waals surface area (Å²) in [6.45, 7) is 2.24. The van der Waals surface area contributed by atoms with Crippen molar-refractivity contribution in [1.29, 1.82) is 0 Å². The van der Waals surface area contributed by atoms with Crippen LogP contribution < -0.4 is 10.6 Å². The second-order valence-electron chi connectivity index (χ2n) is 4.94. The van der Waals surface area contributed by atoms with Crippen molar-refractivity contribution in [3.05, 3.63) is 29.3 Å². The maximum atomic E-state index is 12.5. The number of benzene rings is 1. The van der Waals surface area contributed by atoms with Crippen molar-refractivity contribution >= 4 is 17.5 Å². The lowest BCUT2D eigenvalue weighted by Crippen LogP contribution is -2.50. The lowest BCUT2D eigenvalue weighted by atomic mass is 9.96. The van der Waals surface area contributed by atoms with E-state index in [1.807, 2.05) is 18.2 Å². The first-order valence-corrected chi connectivity index (χ1v) is 6.67. The zero-order valence-corrected chi connectivity index (χ0v) is 10.7. The summed E-state index contributed by atoms with van der Waals surface area (Å²) in [7, 11) is 0. The molecule has 19 heavy (non-hydrogen) atoms. The number of amides is 2. The molecule has 0 atom stereocenters. The molecule has 1 saturated heterocycles. The van der Waals surface area contributed by atoms with E-state index in [9.17, 15) is 9.59 Å². The first-order chi connectivity index (χ1) is 9.25. The molecule has 0 unspecified atom stereocenters. The largest absolute Gasteiger partial charge is 0.385 e. The number of nitrogens with one attached hydrogen (secondary N) is 2. The van der Waals surface area contributed by atoms with Gasteiger partial charge in [-0.15, -0.1) is 0 Å². The van der Waals surface area contributed by atoms with Crippen LogP contribution in [0.2, 0.25) is 0 Å². The number of piperazine rings is 1. The Labute approximate surface area is 112 Å². The molecule has 2 heterocycles. The molecule has 0 radical (unpaired) electrons. The first-order valence-electron chi connectivity index (χ1n) is 6.67. The molecular formula is C14H17N3O2. The van der Waals surface area contributed by atoms with E-state index in [4.69, 9.17) is 0 Å². The fraction of sp³-hybridized carbons (Fsp3) is 0.429. The summed E-state index contributed by atoms with van der Waals surface area (Å²) < 4.78 is 0. The summed E-state index contributed by atoms with van der Waals surface area (Å²) in [5.74, 6) is -0.113. The minimum absolute atomic E-state index is 0.0320. The van der Waals surface area contributed by atoms with Gasteiger partial charge in [-0.2, -0.15) is 0 Å². The van der Waals surface area contributed by atoms with Gasteiger partial charge in [0.05, 0.1) is 6.54 Å². The molecule has 1 aromatic carbocycles. The molecule has 0 aromatic heterocycles. The van der Waals surface area contributed by atoms with Crippen LogP contribution in [0.1, 0.15) is 22.3 Å². The molecule has 0 saturated carbocycles. The highest BCUT2D eigenvalue weighted by atomic mass is 16.2. The average Bonchev–Trinajstić information content (AvgIpc) is 2.46. The molecule has 2 aliphatic heterocycles. The molecule has 5 heteroatoms. The molecule has 2 aliphatic rings. The molecule has 100 valence electrons. The Morgan fingerprint density at radius 3 is 2.95 bits per heavy atom. The number of anilines is 1. The Morgan fingerprint density at radius 2 is 2.11 bits per heavy atom. The van der Waals surface area contributed by atoms with Crippen molar-refractivity contribution in [3.63, 3.8) is 0 Å². The Morgan fingerprint density at radius 1 is 1.21 bits per heavy atom. The van der Waals surface area contributed by atoms with Crippen LogP contribution in [-0.4, -0.2) is 42.9 Å². The standard InChI is InChI=1S/C14H17N3O2/c18-13-9-17(8-7-16-13)14(19)11-3-1-5-12-10(11)4-2-6-15-12/h1,3,5,15H,2,4,6-9H2,(H,16,18). The van der Waals surface area contributed by atoms with E-state index in [2.05, 4.69) is 10.6 Å². The minimum atomic E-state index is -0.0810. The summed E-state index contributed by atoms with van der Waals surface area (Å²) in [5.41, 5.74) is 2.88. The summed E-state index contributed by atoms with van der Waals surface area (Å²) >= 11 is 0. The lowest BCUT2D eigenvalue weighted by Gasteiger charge is -2.28. The fourth-order valence-corrected chi connectivity index (χ4v) is 2.69. The smallest absolute Gasteiger partial charge is 0.254 e. The SMILES string of the molecule is O=C1CN(C(=O)c2cccc3c2CCCN3)CCN1. The van der Waals surface area contributed by atoms with Crippen LogP contribution in [0.25, 0.3) is 0 Å². The Kier molecular flexibility index (Phi) is 3.11. The molecular weight excluding hydrogens is 242 g/mol. The zero-order chi connectivity index (χ0) is 13.2. The van der Waals surface area contributed by atoms with Gasteiger partial charge in [0, 0.05) is 30.9 Å². The van der Waals surface area contributed by atoms with Crippen LogP contribution in [0.5, 0.6) is 0 Å². The van der Waals surface area contributed by atoms with Crippen molar-refractivity contribution in [3.8, 4) is 0 Å². The molecule has 1 aromatic rings. The monoisotopic (exact) mass is 259 g/mol. The summed E-state index contributed by atoms with van der Waals surface area (Å²) in [5, 5.41) is 6.06. The van der Waals surface area contributed by atoms with Gasteiger partial charge in [0.25, 0.3) is 5.91 Å². The molecule has 0 spiro atoms. The fourth-order valence-electron chi connectivity index (χ4n) is 2.69. The second kappa shape index (κ2) is 4.91. The third kappa shape index (κ3) is 2.28. The number of nitrogens with zero attached hydrogens (tertiary/aromatic N) is 1. The van der Waals surface area contributed by atoms with Crippen LogP contribution in [0.15, 0.2) is 18.2 Å².